The standard InChI is InChI=1S/C21H28N4O5S/c26-18(15-25-19(27)21(23-20(25)28)11-3-1-4-12-21)22-16-7-9-17(10-8-16)31(29,30)24-13-5-2-6-14-24/h7-10H,1-6,11-15H2,(H,22,26)(H,23,28). The van der Waals surface area contributed by atoms with Gasteiger partial charge in [0.05, 0.1) is 4.90 Å². The Labute approximate surface area is 182 Å². The Morgan fingerprint density at radius 1 is 0.968 bits per heavy atom. The maximum absolute atomic E-state index is 12.8. The minimum atomic E-state index is -3.54. The summed E-state index contributed by atoms with van der Waals surface area (Å²) in [5, 5.41) is 5.42. The van der Waals surface area contributed by atoms with Crippen molar-refractivity contribution < 1.29 is 22.8 Å². The van der Waals surface area contributed by atoms with Gasteiger partial charge in [0.1, 0.15) is 12.1 Å². The van der Waals surface area contributed by atoms with E-state index < -0.39 is 27.5 Å². The molecule has 1 aromatic rings. The van der Waals surface area contributed by atoms with Gasteiger partial charge in [-0.1, -0.05) is 25.7 Å². The monoisotopic (exact) mass is 448 g/mol. The highest BCUT2D eigenvalue weighted by Gasteiger charge is 2.51. The highest BCUT2D eigenvalue weighted by molar-refractivity contribution is 7.89. The van der Waals surface area contributed by atoms with E-state index in [1.807, 2.05) is 0 Å². The second kappa shape index (κ2) is 8.58. The lowest BCUT2D eigenvalue weighted by molar-refractivity contribution is -0.134. The Hall–Kier alpha value is -2.46. The predicted octanol–water partition coefficient (Wildman–Crippen LogP) is 2.05. The van der Waals surface area contributed by atoms with Crippen molar-refractivity contribution in [3.63, 3.8) is 0 Å². The van der Waals surface area contributed by atoms with Gasteiger partial charge in [-0.05, 0) is 49.9 Å². The molecule has 4 rings (SSSR count). The number of piperidine rings is 1. The number of hydrogen-bond acceptors (Lipinski definition) is 5. The van der Waals surface area contributed by atoms with Gasteiger partial charge in [-0.15, -0.1) is 0 Å². The summed E-state index contributed by atoms with van der Waals surface area (Å²) in [6, 6.07) is 5.42. The lowest BCUT2D eigenvalue weighted by Gasteiger charge is -2.30. The maximum Gasteiger partial charge on any atom is 0.325 e. The van der Waals surface area contributed by atoms with E-state index in [4.69, 9.17) is 0 Å². The van der Waals surface area contributed by atoms with E-state index in [9.17, 15) is 22.8 Å². The summed E-state index contributed by atoms with van der Waals surface area (Å²) < 4.78 is 26.9. The zero-order valence-electron chi connectivity index (χ0n) is 17.4. The first-order chi connectivity index (χ1) is 14.8. The van der Waals surface area contributed by atoms with Crippen LogP contribution in [0.1, 0.15) is 51.4 Å². The van der Waals surface area contributed by atoms with E-state index in [0.717, 1.165) is 43.4 Å². The zero-order valence-corrected chi connectivity index (χ0v) is 18.2. The van der Waals surface area contributed by atoms with E-state index >= 15 is 0 Å². The number of urea groups is 1. The van der Waals surface area contributed by atoms with E-state index in [0.29, 0.717) is 31.6 Å². The normalized spacial score (nSPS) is 21.9. The molecule has 1 saturated carbocycles. The quantitative estimate of drug-likeness (QED) is 0.669. The summed E-state index contributed by atoms with van der Waals surface area (Å²) in [5.74, 6) is -0.849. The van der Waals surface area contributed by atoms with Crippen LogP contribution in [0.3, 0.4) is 0 Å². The molecule has 0 atom stereocenters. The number of nitrogens with zero attached hydrogens (tertiary/aromatic N) is 2. The number of imide groups is 1. The number of nitrogens with one attached hydrogen (secondary N) is 2. The van der Waals surface area contributed by atoms with Crippen LogP contribution in [0, 0.1) is 0 Å². The summed E-state index contributed by atoms with van der Waals surface area (Å²) in [6.07, 6.45) is 6.74. The zero-order chi connectivity index (χ0) is 22.1. The van der Waals surface area contributed by atoms with E-state index in [-0.39, 0.29) is 17.3 Å². The summed E-state index contributed by atoms with van der Waals surface area (Å²) >= 11 is 0. The van der Waals surface area contributed by atoms with Crippen LogP contribution < -0.4 is 10.6 Å². The molecule has 3 aliphatic rings. The molecule has 168 valence electrons. The van der Waals surface area contributed by atoms with Crippen LogP contribution in [-0.4, -0.2) is 60.6 Å². The first-order valence-corrected chi connectivity index (χ1v) is 12.3. The van der Waals surface area contributed by atoms with Gasteiger partial charge in [-0.2, -0.15) is 4.31 Å². The third-order valence-corrected chi connectivity index (χ3v) is 8.26. The second-order valence-electron chi connectivity index (χ2n) is 8.50. The van der Waals surface area contributed by atoms with E-state index in [1.54, 1.807) is 0 Å². The van der Waals surface area contributed by atoms with Gasteiger partial charge in [0, 0.05) is 18.8 Å². The van der Waals surface area contributed by atoms with Gasteiger partial charge in [-0.25, -0.2) is 13.2 Å². The van der Waals surface area contributed by atoms with Crippen LogP contribution in [0.2, 0.25) is 0 Å². The molecule has 0 bridgehead atoms. The van der Waals surface area contributed by atoms with Crippen LogP contribution in [0.4, 0.5) is 10.5 Å². The number of sulfonamides is 1. The molecule has 1 spiro atoms. The lowest BCUT2D eigenvalue weighted by atomic mass is 9.82. The van der Waals surface area contributed by atoms with Gasteiger partial charge in [-0.3, -0.25) is 14.5 Å². The molecule has 2 aliphatic heterocycles. The number of hydrogen-bond donors (Lipinski definition) is 2. The van der Waals surface area contributed by atoms with Crippen LogP contribution >= 0.6 is 0 Å². The molecule has 2 heterocycles. The molecule has 0 radical (unpaired) electrons. The van der Waals surface area contributed by atoms with Gasteiger partial charge >= 0.3 is 6.03 Å². The molecule has 31 heavy (non-hydrogen) atoms. The fourth-order valence-electron chi connectivity index (χ4n) is 4.62. The van der Waals surface area contributed by atoms with Crippen molar-refractivity contribution in [3.05, 3.63) is 24.3 Å². The third-order valence-electron chi connectivity index (χ3n) is 6.35. The average Bonchev–Trinajstić information content (AvgIpc) is 2.99. The number of carbonyl (C=O) groups excluding carboxylic acids is 3. The van der Waals surface area contributed by atoms with Crippen molar-refractivity contribution in [1.82, 2.24) is 14.5 Å². The Balaban J connectivity index is 1.38. The summed E-state index contributed by atoms with van der Waals surface area (Å²) in [6.45, 7) is 0.669. The van der Waals surface area contributed by atoms with Crippen molar-refractivity contribution in [1.29, 1.82) is 0 Å². The smallest absolute Gasteiger partial charge is 0.325 e. The van der Waals surface area contributed by atoms with Gasteiger partial charge < -0.3 is 10.6 Å². The van der Waals surface area contributed by atoms with E-state index in [2.05, 4.69) is 10.6 Å². The Kier molecular flexibility index (Phi) is 6.02. The molecule has 1 aromatic carbocycles. The minimum absolute atomic E-state index is 0.181. The molecule has 10 heteroatoms. The number of anilines is 1. The second-order valence-corrected chi connectivity index (χ2v) is 10.4. The number of benzene rings is 1. The summed E-state index contributed by atoms with van der Waals surface area (Å²) in [4.78, 5) is 38.7. The number of rotatable bonds is 5. The van der Waals surface area contributed by atoms with Gasteiger partial charge in [0.15, 0.2) is 0 Å². The highest BCUT2D eigenvalue weighted by atomic mass is 32.2. The molecule has 4 amide bonds. The molecule has 2 saturated heterocycles. The van der Waals surface area contributed by atoms with Crippen molar-refractivity contribution >= 4 is 33.6 Å². The minimum Gasteiger partial charge on any atom is -0.325 e. The topological polar surface area (TPSA) is 116 Å². The molecule has 2 N–H and O–H groups in total. The Morgan fingerprint density at radius 2 is 1.58 bits per heavy atom. The lowest BCUT2D eigenvalue weighted by Crippen LogP contribution is -2.48. The van der Waals surface area contributed by atoms with E-state index in [1.165, 1.54) is 28.6 Å². The molecule has 1 aliphatic carbocycles. The molecule has 0 unspecified atom stereocenters. The van der Waals surface area contributed by atoms with Gasteiger partial charge in [0.2, 0.25) is 15.9 Å². The molecule has 0 aromatic heterocycles. The van der Waals surface area contributed by atoms with Crippen LogP contribution in [0.5, 0.6) is 0 Å². The van der Waals surface area contributed by atoms with Crippen molar-refractivity contribution in [2.75, 3.05) is 25.0 Å². The first-order valence-electron chi connectivity index (χ1n) is 10.9. The van der Waals surface area contributed by atoms with Gasteiger partial charge in [0.25, 0.3) is 5.91 Å². The van der Waals surface area contributed by atoms with Crippen molar-refractivity contribution in [2.24, 2.45) is 0 Å². The van der Waals surface area contributed by atoms with Crippen LogP contribution in [0.25, 0.3) is 0 Å². The van der Waals surface area contributed by atoms with Crippen LogP contribution in [-0.2, 0) is 19.6 Å². The molecule has 9 nitrogen and oxygen atoms in total. The molecular formula is C21H28N4O5S. The third kappa shape index (κ3) is 4.31. The SMILES string of the molecule is O=C(CN1C(=O)NC2(CCCCC2)C1=O)Nc1ccc(S(=O)(=O)N2CCCCC2)cc1. The largest absolute Gasteiger partial charge is 0.325 e. The average molecular weight is 449 g/mol. The van der Waals surface area contributed by atoms with Crippen LogP contribution in [0.15, 0.2) is 29.2 Å². The number of carbonyl (C=O) groups is 3. The highest BCUT2D eigenvalue weighted by Crippen LogP contribution is 2.33. The Bertz CT molecular complexity index is 964. The van der Waals surface area contributed by atoms with Crippen molar-refractivity contribution in [3.8, 4) is 0 Å². The maximum atomic E-state index is 12.8. The molecule has 3 fully saturated rings. The first kappa shape index (κ1) is 21.8. The summed E-state index contributed by atoms with van der Waals surface area (Å²) in [7, 11) is -3.54. The number of amides is 4. The fourth-order valence-corrected chi connectivity index (χ4v) is 6.14. The predicted molar refractivity (Wildman–Crippen MR) is 114 cm³/mol. The summed E-state index contributed by atoms with van der Waals surface area (Å²) in [5.41, 5.74) is -0.456. The Morgan fingerprint density at radius 3 is 2.23 bits per heavy atom. The fraction of sp³-hybridized carbons (Fsp3) is 0.571. The molecular weight excluding hydrogens is 420 g/mol. The van der Waals surface area contributed by atoms with Crippen molar-refractivity contribution in [2.45, 2.75) is 61.8 Å².